The highest BCUT2D eigenvalue weighted by Gasteiger charge is 2.13. The summed E-state index contributed by atoms with van der Waals surface area (Å²) in [6.07, 6.45) is 0.866. The molecular weight excluding hydrogens is 276 g/mol. The average Bonchev–Trinajstić information content (AvgIpc) is 2.51. The van der Waals surface area contributed by atoms with Gasteiger partial charge in [-0.1, -0.05) is 32.9 Å². The highest BCUT2D eigenvalue weighted by atomic mass is 16.5. The Bertz CT molecular complexity index is 690. The van der Waals surface area contributed by atoms with Crippen molar-refractivity contribution in [1.82, 2.24) is 4.57 Å². The second-order valence-corrected chi connectivity index (χ2v) is 5.83. The number of benzene rings is 1. The van der Waals surface area contributed by atoms with Crippen LogP contribution in [0.5, 0.6) is 5.75 Å². The molecular formula is C18H24N2O2. The van der Waals surface area contributed by atoms with E-state index in [0.29, 0.717) is 19.1 Å². The van der Waals surface area contributed by atoms with E-state index in [1.54, 1.807) is 10.6 Å². The van der Waals surface area contributed by atoms with E-state index >= 15 is 0 Å². The minimum Gasteiger partial charge on any atom is -0.493 e. The van der Waals surface area contributed by atoms with Crippen molar-refractivity contribution in [3.63, 3.8) is 0 Å². The van der Waals surface area contributed by atoms with Crippen molar-refractivity contribution in [1.29, 1.82) is 0 Å². The van der Waals surface area contributed by atoms with E-state index in [2.05, 4.69) is 13.8 Å². The maximum atomic E-state index is 12.3. The van der Waals surface area contributed by atoms with Crippen LogP contribution in [0.3, 0.4) is 0 Å². The molecule has 118 valence electrons. The van der Waals surface area contributed by atoms with E-state index in [1.807, 2.05) is 37.3 Å². The van der Waals surface area contributed by atoms with Gasteiger partial charge in [0.25, 0.3) is 5.56 Å². The van der Waals surface area contributed by atoms with Crippen molar-refractivity contribution >= 4 is 5.69 Å². The summed E-state index contributed by atoms with van der Waals surface area (Å²) in [5, 5.41) is 0. The van der Waals surface area contributed by atoms with Crippen LogP contribution in [-0.2, 0) is 6.54 Å². The first-order chi connectivity index (χ1) is 10.5. The zero-order valence-corrected chi connectivity index (χ0v) is 13.5. The molecule has 1 aromatic carbocycles. The molecule has 22 heavy (non-hydrogen) atoms. The van der Waals surface area contributed by atoms with Gasteiger partial charge in [-0.25, -0.2) is 0 Å². The van der Waals surface area contributed by atoms with Gasteiger partial charge >= 0.3 is 0 Å². The van der Waals surface area contributed by atoms with Gasteiger partial charge in [0.05, 0.1) is 18.0 Å². The van der Waals surface area contributed by atoms with Gasteiger partial charge in [-0.05, 0) is 36.6 Å². The summed E-state index contributed by atoms with van der Waals surface area (Å²) in [5.41, 5.74) is 7.68. The number of nitrogen functional groups attached to an aromatic ring is 1. The molecule has 0 fully saturated rings. The number of anilines is 1. The lowest BCUT2D eigenvalue weighted by atomic mass is 10.1. The number of aromatic nitrogens is 1. The molecule has 0 aliphatic heterocycles. The van der Waals surface area contributed by atoms with Crippen molar-refractivity contribution in [3.05, 3.63) is 46.8 Å². The van der Waals surface area contributed by atoms with Crippen LogP contribution in [0.2, 0.25) is 0 Å². The van der Waals surface area contributed by atoms with Gasteiger partial charge in [0.1, 0.15) is 5.75 Å². The number of nitrogens with zero attached hydrogens (tertiary/aromatic N) is 1. The molecule has 1 heterocycles. The molecule has 4 nitrogen and oxygen atoms in total. The van der Waals surface area contributed by atoms with Crippen molar-refractivity contribution in [3.8, 4) is 17.0 Å². The first kappa shape index (κ1) is 16.1. The smallest absolute Gasteiger partial charge is 0.274 e. The SMILES string of the molecule is CCCn1c(-c2ccccc2OCC(C)C)ccc(N)c1=O. The maximum Gasteiger partial charge on any atom is 0.274 e. The van der Waals surface area contributed by atoms with Crippen LogP contribution in [0.4, 0.5) is 5.69 Å². The van der Waals surface area contributed by atoms with E-state index < -0.39 is 0 Å². The Kier molecular flexibility index (Phi) is 5.26. The fourth-order valence-electron chi connectivity index (χ4n) is 2.34. The van der Waals surface area contributed by atoms with Crippen molar-refractivity contribution in [2.75, 3.05) is 12.3 Å². The second kappa shape index (κ2) is 7.16. The topological polar surface area (TPSA) is 57.2 Å². The number of hydrogen-bond donors (Lipinski definition) is 1. The minimum absolute atomic E-state index is 0.141. The van der Waals surface area contributed by atoms with Gasteiger partial charge in [0.2, 0.25) is 0 Å². The molecule has 2 aromatic rings. The van der Waals surface area contributed by atoms with E-state index in [9.17, 15) is 4.79 Å². The number of ether oxygens (including phenoxy) is 1. The Morgan fingerprint density at radius 1 is 1.18 bits per heavy atom. The zero-order valence-electron chi connectivity index (χ0n) is 13.5. The van der Waals surface area contributed by atoms with Crippen LogP contribution in [0.25, 0.3) is 11.3 Å². The number of pyridine rings is 1. The highest BCUT2D eigenvalue weighted by molar-refractivity contribution is 5.68. The molecule has 0 saturated carbocycles. The van der Waals surface area contributed by atoms with Crippen LogP contribution in [-0.4, -0.2) is 11.2 Å². The van der Waals surface area contributed by atoms with Crippen LogP contribution in [0.15, 0.2) is 41.2 Å². The fraction of sp³-hybridized carbons (Fsp3) is 0.389. The molecule has 0 amide bonds. The summed E-state index contributed by atoms with van der Waals surface area (Å²) >= 11 is 0. The van der Waals surface area contributed by atoms with Crippen molar-refractivity contribution in [2.24, 2.45) is 5.92 Å². The van der Waals surface area contributed by atoms with Crippen molar-refractivity contribution < 1.29 is 4.74 Å². The summed E-state index contributed by atoms with van der Waals surface area (Å²) in [4.78, 5) is 12.3. The molecule has 0 aliphatic rings. The Balaban J connectivity index is 2.52. The lowest BCUT2D eigenvalue weighted by Gasteiger charge is -2.17. The lowest BCUT2D eigenvalue weighted by Crippen LogP contribution is -2.24. The summed E-state index contributed by atoms with van der Waals surface area (Å²) in [6.45, 7) is 7.54. The standard InChI is InChI=1S/C18H24N2O2/c1-4-11-20-16(10-9-15(19)18(20)21)14-7-5-6-8-17(14)22-12-13(2)3/h5-10,13H,4,11-12,19H2,1-3H3. The summed E-state index contributed by atoms with van der Waals surface area (Å²) in [5.74, 6) is 1.24. The third-order valence-corrected chi connectivity index (χ3v) is 3.39. The van der Waals surface area contributed by atoms with Gasteiger partial charge in [0.15, 0.2) is 0 Å². The molecule has 0 unspecified atom stereocenters. The van der Waals surface area contributed by atoms with Crippen molar-refractivity contribution in [2.45, 2.75) is 33.7 Å². The van der Waals surface area contributed by atoms with Gasteiger partial charge in [0, 0.05) is 12.1 Å². The second-order valence-electron chi connectivity index (χ2n) is 5.83. The van der Waals surface area contributed by atoms with E-state index in [4.69, 9.17) is 10.5 Å². The van der Waals surface area contributed by atoms with Crippen LogP contribution in [0, 0.1) is 5.92 Å². The quantitative estimate of drug-likeness (QED) is 0.887. The summed E-state index contributed by atoms with van der Waals surface area (Å²) < 4.78 is 7.64. The van der Waals surface area contributed by atoms with E-state index in [-0.39, 0.29) is 11.2 Å². The first-order valence-corrected chi connectivity index (χ1v) is 7.76. The molecule has 0 spiro atoms. The number of para-hydroxylation sites is 1. The average molecular weight is 300 g/mol. The Morgan fingerprint density at radius 3 is 2.59 bits per heavy atom. The Hall–Kier alpha value is -2.23. The molecule has 0 saturated heterocycles. The predicted octanol–water partition coefficient (Wildman–Crippen LogP) is 3.54. The molecule has 2 rings (SSSR count). The summed E-state index contributed by atoms with van der Waals surface area (Å²) in [7, 11) is 0. The number of hydrogen-bond acceptors (Lipinski definition) is 3. The fourth-order valence-corrected chi connectivity index (χ4v) is 2.34. The van der Waals surface area contributed by atoms with Gasteiger partial charge in [-0.15, -0.1) is 0 Å². The molecule has 1 aromatic heterocycles. The Morgan fingerprint density at radius 2 is 1.91 bits per heavy atom. The van der Waals surface area contributed by atoms with Crippen LogP contribution < -0.4 is 16.0 Å². The third kappa shape index (κ3) is 3.50. The minimum atomic E-state index is -0.141. The molecule has 2 N–H and O–H groups in total. The van der Waals surface area contributed by atoms with Gasteiger partial charge in [-0.2, -0.15) is 0 Å². The molecule has 0 atom stereocenters. The maximum absolute atomic E-state index is 12.3. The molecule has 0 aliphatic carbocycles. The molecule has 0 bridgehead atoms. The van der Waals surface area contributed by atoms with E-state index in [1.165, 1.54) is 0 Å². The number of nitrogens with two attached hydrogens (primary N) is 1. The largest absolute Gasteiger partial charge is 0.493 e. The molecule has 4 heteroatoms. The normalized spacial score (nSPS) is 10.9. The zero-order chi connectivity index (χ0) is 16.1. The van der Waals surface area contributed by atoms with Crippen LogP contribution >= 0.6 is 0 Å². The first-order valence-electron chi connectivity index (χ1n) is 7.76. The third-order valence-electron chi connectivity index (χ3n) is 3.39. The van der Waals surface area contributed by atoms with E-state index in [0.717, 1.165) is 23.4 Å². The Labute approximate surface area is 131 Å². The predicted molar refractivity (Wildman–Crippen MR) is 91.2 cm³/mol. The number of rotatable bonds is 6. The lowest BCUT2D eigenvalue weighted by molar-refractivity contribution is 0.272. The molecule has 0 radical (unpaired) electrons. The van der Waals surface area contributed by atoms with Gasteiger partial charge in [-0.3, -0.25) is 4.79 Å². The van der Waals surface area contributed by atoms with Gasteiger partial charge < -0.3 is 15.0 Å². The monoisotopic (exact) mass is 300 g/mol. The highest BCUT2D eigenvalue weighted by Crippen LogP contribution is 2.30. The van der Waals surface area contributed by atoms with Crippen LogP contribution in [0.1, 0.15) is 27.2 Å². The summed E-state index contributed by atoms with van der Waals surface area (Å²) in [6, 6.07) is 11.4.